The zero-order valence-corrected chi connectivity index (χ0v) is 11.4. The Labute approximate surface area is 113 Å². The zero-order valence-electron chi connectivity index (χ0n) is 11.4. The van der Waals surface area contributed by atoms with E-state index < -0.39 is 0 Å². The summed E-state index contributed by atoms with van der Waals surface area (Å²) in [6.45, 7) is 4.90. The summed E-state index contributed by atoms with van der Waals surface area (Å²) < 4.78 is 13.1. The van der Waals surface area contributed by atoms with Gasteiger partial charge in [-0.25, -0.2) is 4.39 Å². The quantitative estimate of drug-likeness (QED) is 0.890. The molecule has 2 aromatic rings. The lowest BCUT2D eigenvalue weighted by Crippen LogP contribution is -2.28. The number of benzene rings is 1. The van der Waals surface area contributed by atoms with Gasteiger partial charge in [-0.1, -0.05) is 18.2 Å². The van der Waals surface area contributed by atoms with Gasteiger partial charge >= 0.3 is 0 Å². The van der Waals surface area contributed by atoms with E-state index in [0.717, 1.165) is 24.2 Å². The van der Waals surface area contributed by atoms with E-state index in [0.29, 0.717) is 0 Å². The fourth-order valence-electron chi connectivity index (χ4n) is 2.06. The van der Waals surface area contributed by atoms with E-state index in [1.165, 1.54) is 11.6 Å². The molecule has 1 unspecified atom stereocenters. The minimum absolute atomic E-state index is 0.176. The van der Waals surface area contributed by atoms with Crippen LogP contribution in [0.2, 0.25) is 0 Å². The van der Waals surface area contributed by atoms with Crippen molar-refractivity contribution in [1.82, 2.24) is 10.3 Å². The van der Waals surface area contributed by atoms with Crippen LogP contribution in [0.25, 0.3) is 0 Å². The Morgan fingerprint density at radius 3 is 2.84 bits per heavy atom. The number of hydrogen-bond acceptors (Lipinski definition) is 2. The summed E-state index contributed by atoms with van der Waals surface area (Å²) in [5.74, 6) is -0.176. The van der Waals surface area contributed by atoms with E-state index in [9.17, 15) is 4.39 Å². The van der Waals surface area contributed by atoms with Crippen LogP contribution >= 0.6 is 0 Å². The Balaban J connectivity index is 1.88. The molecule has 0 bridgehead atoms. The first kappa shape index (κ1) is 13.7. The van der Waals surface area contributed by atoms with Gasteiger partial charge in [0.25, 0.3) is 0 Å². The number of halogens is 1. The summed E-state index contributed by atoms with van der Waals surface area (Å²) in [6.07, 6.45) is 2.62. The lowest BCUT2D eigenvalue weighted by atomic mass is 10.1. The van der Waals surface area contributed by atoms with Crippen LogP contribution in [-0.2, 0) is 13.0 Å². The Morgan fingerprint density at radius 2 is 2.11 bits per heavy atom. The molecule has 1 aromatic carbocycles. The SMILES string of the molecule is Cc1cccnc1CNC(C)Cc1cccc(F)c1. The molecule has 1 N–H and O–H groups in total. The van der Waals surface area contributed by atoms with Crippen molar-refractivity contribution in [2.75, 3.05) is 0 Å². The Bertz CT molecular complexity index is 540. The first-order valence-electron chi connectivity index (χ1n) is 6.53. The van der Waals surface area contributed by atoms with Gasteiger partial charge in [-0.15, -0.1) is 0 Å². The minimum atomic E-state index is -0.176. The van der Waals surface area contributed by atoms with Crippen molar-refractivity contribution in [2.24, 2.45) is 0 Å². The van der Waals surface area contributed by atoms with Crippen LogP contribution in [0.1, 0.15) is 23.7 Å². The molecule has 0 aliphatic heterocycles. The van der Waals surface area contributed by atoms with Crippen LogP contribution in [0.15, 0.2) is 42.6 Å². The fourth-order valence-corrected chi connectivity index (χ4v) is 2.06. The molecule has 0 amide bonds. The number of aryl methyl sites for hydroxylation is 1. The van der Waals surface area contributed by atoms with Gasteiger partial charge in [-0.3, -0.25) is 4.98 Å². The highest BCUT2D eigenvalue weighted by molar-refractivity contribution is 5.19. The molecule has 1 aromatic heterocycles. The van der Waals surface area contributed by atoms with Crippen molar-refractivity contribution >= 4 is 0 Å². The van der Waals surface area contributed by atoms with Crippen molar-refractivity contribution in [3.63, 3.8) is 0 Å². The summed E-state index contributed by atoms with van der Waals surface area (Å²) in [4.78, 5) is 4.35. The van der Waals surface area contributed by atoms with Gasteiger partial charge in [0, 0.05) is 18.8 Å². The normalized spacial score (nSPS) is 12.4. The zero-order chi connectivity index (χ0) is 13.7. The van der Waals surface area contributed by atoms with Crippen molar-refractivity contribution in [3.8, 4) is 0 Å². The molecule has 0 saturated carbocycles. The molecule has 19 heavy (non-hydrogen) atoms. The van der Waals surface area contributed by atoms with E-state index in [1.54, 1.807) is 18.3 Å². The predicted molar refractivity (Wildman–Crippen MR) is 75.4 cm³/mol. The molecule has 3 heteroatoms. The lowest BCUT2D eigenvalue weighted by molar-refractivity contribution is 0.536. The van der Waals surface area contributed by atoms with Crippen molar-refractivity contribution in [2.45, 2.75) is 32.9 Å². The first-order valence-corrected chi connectivity index (χ1v) is 6.53. The molecular formula is C16H19FN2. The van der Waals surface area contributed by atoms with Gasteiger partial charge in [-0.05, 0) is 49.6 Å². The van der Waals surface area contributed by atoms with Crippen LogP contribution in [-0.4, -0.2) is 11.0 Å². The third-order valence-corrected chi connectivity index (χ3v) is 3.17. The average Bonchev–Trinajstić information content (AvgIpc) is 2.38. The van der Waals surface area contributed by atoms with Crippen LogP contribution in [0.4, 0.5) is 4.39 Å². The van der Waals surface area contributed by atoms with E-state index in [-0.39, 0.29) is 11.9 Å². The maximum absolute atomic E-state index is 13.1. The summed E-state index contributed by atoms with van der Waals surface area (Å²) in [6, 6.07) is 11.0. The standard InChI is InChI=1S/C16H19FN2/c1-12-5-4-8-18-16(12)11-19-13(2)9-14-6-3-7-15(17)10-14/h3-8,10,13,19H,9,11H2,1-2H3. The van der Waals surface area contributed by atoms with Gasteiger partial charge < -0.3 is 5.32 Å². The van der Waals surface area contributed by atoms with E-state index >= 15 is 0 Å². The van der Waals surface area contributed by atoms with Crippen molar-refractivity contribution < 1.29 is 4.39 Å². The van der Waals surface area contributed by atoms with Gasteiger partial charge in [0.05, 0.1) is 5.69 Å². The second-order valence-corrected chi connectivity index (χ2v) is 4.88. The van der Waals surface area contributed by atoms with Gasteiger partial charge in [0.1, 0.15) is 5.82 Å². The van der Waals surface area contributed by atoms with E-state index in [1.807, 2.05) is 12.1 Å². The maximum Gasteiger partial charge on any atom is 0.123 e. The Kier molecular flexibility index (Phi) is 4.63. The van der Waals surface area contributed by atoms with Crippen molar-refractivity contribution in [1.29, 1.82) is 0 Å². The summed E-state index contributed by atoms with van der Waals surface area (Å²) in [5, 5.41) is 3.42. The number of nitrogens with zero attached hydrogens (tertiary/aromatic N) is 1. The summed E-state index contributed by atoms with van der Waals surface area (Å²) in [5.41, 5.74) is 3.26. The lowest BCUT2D eigenvalue weighted by Gasteiger charge is -2.14. The summed E-state index contributed by atoms with van der Waals surface area (Å²) >= 11 is 0. The Morgan fingerprint density at radius 1 is 1.26 bits per heavy atom. The highest BCUT2D eigenvalue weighted by Gasteiger charge is 2.05. The summed E-state index contributed by atoms with van der Waals surface area (Å²) in [7, 11) is 0. The Hall–Kier alpha value is -1.74. The smallest absolute Gasteiger partial charge is 0.123 e. The molecular weight excluding hydrogens is 239 g/mol. The molecule has 0 aliphatic carbocycles. The average molecular weight is 258 g/mol. The maximum atomic E-state index is 13.1. The number of pyridine rings is 1. The molecule has 0 saturated heterocycles. The molecule has 2 nitrogen and oxygen atoms in total. The molecule has 0 spiro atoms. The highest BCUT2D eigenvalue weighted by atomic mass is 19.1. The third-order valence-electron chi connectivity index (χ3n) is 3.17. The van der Waals surface area contributed by atoms with Gasteiger partial charge in [0.2, 0.25) is 0 Å². The molecule has 0 aliphatic rings. The van der Waals surface area contributed by atoms with E-state index in [4.69, 9.17) is 0 Å². The van der Waals surface area contributed by atoms with Gasteiger partial charge in [0.15, 0.2) is 0 Å². The first-order chi connectivity index (χ1) is 9.15. The largest absolute Gasteiger partial charge is 0.308 e. The number of aromatic nitrogens is 1. The molecule has 2 rings (SSSR count). The second kappa shape index (κ2) is 6.43. The van der Waals surface area contributed by atoms with E-state index in [2.05, 4.69) is 30.2 Å². The molecule has 1 atom stereocenters. The minimum Gasteiger partial charge on any atom is -0.308 e. The van der Waals surface area contributed by atoms with Gasteiger partial charge in [-0.2, -0.15) is 0 Å². The molecule has 0 fully saturated rings. The molecule has 1 heterocycles. The fraction of sp³-hybridized carbons (Fsp3) is 0.312. The molecule has 0 radical (unpaired) electrons. The van der Waals surface area contributed by atoms with Crippen LogP contribution in [0.3, 0.4) is 0 Å². The monoisotopic (exact) mass is 258 g/mol. The van der Waals surface area contributed by atoms with Crippen LogP contribution < -0.4 is 5.32 Å². The highest BCUT2D eigenvalue weighted by Crippen LogP contribution is 2.08. The number of rotatable bonds is 5. The number of hydrogen-bond donors (Lipinski definition) is 1. The topological polar surface area (TPSA) is 24.9 Å². The van der Waals surface area contributed by atoms with Crippen molar-refractivity contribution in [3.05, 3.63) is 65.2 Å². The van der Waals surface area contributed by atoms with Crippen LogP contribution in [0, 0.1) is 12.7 Å². The molecule has 100 valence electrons. The number of nitrogens with one attached hydrogen (secondary N) is 1. The second-order valence-electron chi connectivity index (χ2n) is 4.88. The predicted octanol–water partition coefficient (Wildman–Crippen LogP) is 3.25. The third kappa shape index (κ3) is 4.14. The van der Waals surface area contributed by atoms with Crippen LogP contribution in [0.5, 0.6) is 0 Å².